The van der Waals surface area contributed by atoms with Gasteiger partial charge in [-0.3, -0.25) is 24.0 Å². The second kappa shape index (κ2) is 12.8. The highest BCUT2D eigenvalue weighted by atomic mass is 16.4. The number of aliphatic carboxylic acids is 2. The summed E-state index contributed by atoms with van der Waals surface area (Å²) < 4.78 is 0. The third kappa shape index (κ3) is 10.2. The topological polar surface area (TPSA) is 188 Å². The lowest BCUT2D eigenvalue weighted by atomic mass is 9.99. The second-order valence-electron chi connectivity index (χ2n) is 8.03. The number of nitrogens with one attached hydrogen (secondary N) is 3. The highest BCUT2D eigenvalue weighted by molar-refractivity contribution is 5.94. The van der Waals surface area contributed by atoms with Gasteiger partial charge >= 0.3 is 11.9 Å². The number of carboxylic acids is 2. The number of hydrogen-bond acceptors (Lipinski definition) is 6. The zero-order valence-corrected chi connectivity index (χ0v) is 18.1. The molecule has 0 saturated carbocycles. The fourth-order valence-corrected chi connectivity index (χ4v) is 2.55. The van der Waals surface area contributed by atoms with Crippen LogP contribution in [0.15, 0.2) is 0 Å². The van der Waals surface area contributed by atoms with Gasteiger partial charge in [-0.1, -0.05) is 27.7 Å². The van der Waals surface area contributed by atoms with Gasteiger partial charge in [-0.15, -0.1) is 0 Å². The van der Waals surface area contributed by atoms with Crippen LogP contribution in [0.1, 0.15) is 53.9 Å². The zero-order chi connectivity index (χ0) is 23.6. The predicted octanol–water partition coefficient (Wildman–Crippen LogP) is -0.560. The molecule has 0 radical (unpaired) electrons. The Bertz CT molecular complexity index is 636. The summed E-state index contributed by atoms with van der Waals surface area (Å²) in [5, 5.41) is 25.1. The van der Waals surface area contributed by atoms with Crippen molar-refractivity contribution < 1.29 is 34.2 Å². The largest absolute Gasteiger partial charge is 0.481 e. The van der Waals surface area contributed by atoms with E-state index in [9.17, 15) is 24.0 Å². The van der Waals surface area contributed by atoms with Crippen molar-refractivity contribution in [1.82, 2.24) is 16.0 Å². The lowest BCUT2D eigenvalue weighted by Crippen LogP contribution is -2.58. The Morgan fingerprint density at radius 2 is 1.40 bits per heavy atom. The first-order valence-electron chi connectivity index (χ1n) is 9.87. The Morgan fingerprint density at radius 3 is 1.83 bits per heavy atom. The van der Waals surface area contributed by atoms with Crippen LogP contribution in [-0.2, 0) is 24.0 Å². The molecule has 0 aromatic carbocycles. The van der Waals surface area contributed by atoms with Gasteiger partial charge in [-0.25, -0.2) is 0 Å². The monoisotopic (exact) mass is 430 g/mol. The van der Waals surface area contributed by atoms with Gasteiger partial charge in [0.1, 0.15) is 18.1 Å². The Labute approximate surface area is 176 Å². The molecule has 0 rings (SSSR count). The molecule has 0 aromatic heterocycles. The lowest BCUT2D eigenvalue weighted by Gasteiger charge is -2.27. The average molecular weight is 431 g/mol. The molecule has 0 aliphatic carbocycles. The molecule has 172 valence electrons. The van der Waals surface area contributed by atoms with Gasteiger partial charge < -0.3 is 31.9 Å². The van der Waals surface area contributed by atoms with Crippen molar-refractivity contribution in [3.8, 4) is 0 Å². The quantitative estimate of drug-likeness (QED) is 0.224. The van der Waals surface area contributed by atoms with Gasteiger partial charge in [0.05, 0.1) is 6.04 Å². The van der Waals surface area contributed by atoms with E-state index in [-0.39, 0.29) is 31.1 Å². The summed E-state index contributed by atoms with van der Waals surface area (Å²) in [6, 6.07) is -4.22. The van der Waals surface area contributed by atoms with Crippen molar-refractivity contribution in [2.45, 2.75) is 78.0 Å². The molecule has 0 aromatic rings. The fourth-order valence-electron chi connectivity index (χ4n) is 2.55. The molecule has 30 heavy (non-hydrogen) atoms. The maximum absolute atomic E-state index is 12.8. The Balaban J connectivity index is 5.23. The first kappa shape index (κ1) is 27.3. The molecule has 7 N–H and O–H groups in total. The van der Waals surface area contributed by atoms with E-state index in [4.69, 9.17) is 15.9 Å². The molecule has 0 fully saturated rings. The van der Waals surface area contributed by atoms with E-state index in [1.54, 1.807) is 13.8 Å². The first-order valence-corrected chi connectivity index (χ1v) is 9.87. The van der Waals surface area contributed by atoms with Crippen LogP contribution < -0.4 is 21.7 Å². The fraction of sp³-hybridized carbons (Fsp3) is 0.737. The third-order valence-corrected chi connectivity index (χ3v) is 4.32. The number of carboxylic acid groups (broad SMARTS) is 2. The summed E-state index contributed by atoms with van der Waals surface area (Å²) in [4.78, 5) is 59.1. The van der Waals surface area contributed by atoms with Crippen molar-refractivity contribution in [3.05, 3.63) is 0 Å². The number of amides is 3. The number of hydrogen-bond donors (Lipinski definition) is 6. The first-order chi connectivity index (χ1) is 13.8. The van der Waals surface area contributed by atoms with Crippen molar-refractivity contribution in [2.75, 3.05) is 0 Å². The van der Waals surface area contributed by atoms with Crippen molar-refractivity contribution in [1.29, 1.82) is 0 Å². The van der Waals surface area contributed by atoms with Crippen LogP contribution >= 0.6 is 0 Å². The van der Waals surface area contributed by atoms with E-state index in [2.05, 4.69) is 16.0 Å². The van der Waals surface area contributed by atoms with E-state index >= 15 is 0 Å². The number of carbonyl (C=O) groups excluding carboxylic acids is 3. The van der Waals surface area contributed by atoms with Gasteiger partial charge in [0, 0.05) is 6.42 Å². The maximum Gasteiger partial charge on any atom is 0.325 e. The predicted molar refractivity (Wildman–Crippen MR) is 108 cm³/mol. The Kier molecular flexibility index (Phi) is 11.6. The minimum atomic E-state index is -1.21. The molecule has 11 nitrogen and oxygen atoms in total. The molecule has 3 amide bonds. The van der Waals surface area contributed by atoms with Gasteiger partial charge in [0.15, 0.2) is 0 Å². The van der Waals surface area contributed by atoms with Crippen LogP contribution in [0.5, 0.6) is 0 Å². The second-order valence-corrected chi connectivity index (χ2v) is 8.03. The molecule has 4 unspecified atom stereocenters. The summed E-state index contributed by atoms with van der Waals surface area (Å²) in [5.41, 5.74) is 5.69. The Hall–Kier alpha value is -2.69. The molecule has 0 spiro atoms. The van der Waals surface area contributed by atoms with E-state index < -0.39 is 53.8 Å². The molecule has 0 bridgehead atoms. The normalized spacial score (nSPS) is 15.1. The zero-order valence-electron chi connectivity index (χ0n) is 18.1. The van der Waals surface area contributed by atoms with Crippen LogP contribution in [-0.4, -0.2) is 64.0 Å². The molecule has 0 saturated heterocycles. The highest BCUT2D eigenvalue weighted by Gasteiger charge is 2.31. The molecule has 11 heteroatoms. The molecule has 0 aliphatic rings. The van der Waals surface area contributed by atoms with Crippen LogP contribution in [0.25, 0.3) is 0 Å². The molecule has 0 heterocycles. The van der Waals surface area contributed by atoms with Crippen molar-refractivity contribution in [2.24, 2.45) is 17.6 Å². The summed E-state index contributed by atoms with van der Waals surface area (Å²) in [6.07, 6.45) is -0.106. The van der Waals surface area contributed by atoms with E-state index in [0.717, 1.165) is 0 Å². The van der Waals surface area contributed by atoms with Crippen LogP contribution in [0.2, 0.25) is 0 Å². The SMILES string of the molecule is CC(C)CC(NC(=O)C(NC(=O)C(N)CCC(=O)O)C(C)C)C(=O)NC(C)C(=O)O. The number of rotatable bonds is 13. The molecular formula is C19H34N4O7. The maximum atomic E-state index is 12.8. The van der Waals surface area contributed by atoms with Crippen LogP contribution in [0.4, 0.5) is 0 Å². The van der Waals surface area contributed by atoms with Crippen molar-refractivity contribution in [3.63, 3.8) is 0 Å². The Morgan fingerprint density at radius 1 is 0.833 bits per heavy atom. The molecule has 4 atom stereocenters. The van der Waals surface area contributed by atoms with Gasteiger partial charge in [0.25, 0.3) is 0 Å². The number of carbonyl (C=O) groups is 5. The number of nitrogens with two attached hydrogens (primary N) is 1. The minimum absolute atomic E-state index is 0.0257. The van der Waals surface area contributed by atoms with E-state index in [1.165, 1.54) is 6.92 Å². The third-order valence-electron chi connectivity index (χ3n) is 4.32. The standard InChI is InChI=1S/C19H34N4O7/c1-9(2)8-13(17(27)21-11(5)19(29)30)22-18(28)15(10(3)4)23-16(26)12(20)6-7-14(24)25/h9-13,15H,6-8,20H2,1-5H3,(H,21,27)(H,22,28)(H,23,26)(H,24,25)(H,29,30). The average Bonchev–Trinajstić information content (AvgIpc) is 2.62. The van der Waals surface area contributed by atoms with Gasteiger partial charge in [-0.2, -0.15) is 0 Å². The summed E-state index contributed by atoms with van der Waals surface area (Å²) in [6.45, 7) is 8.38. The minimum Gasteiger partial charge on any atom is -0.481 e. The van der Waals surface area contributed by atoms with Crippen molar-refractivity contribution >= 4 is 29.7 Å². The van der Waals surface area contributed by atoms with E-state index in [0.29, 0.717) is 0 Å². The summed E-state index contributed by atoms with van der Waals surface area (Å²) in [7, 11) is 0. The smallest absolute Gasteiger partial charge is 0.325 e. The van der Waals surface area contributed by atoms with Crippen LogP contribution in [0.3, 0.4) is 0 Å². The summed E-state index contributed by atoms with van der Waals surface area (Å²) >= 11 is 0. The van der Waals surface area contributed by atoms with Gasteiger partial charge in [0.2, 0.25) is 17.7 Å². The van der Waals surface area contributed by atoms with E-state index in [1.807, 2.05) is 13.8 Å². The molecule has 0 aliphatic heterocycles. The highest BCUT2D eigenvalue weighted by Crippen LogP contribution is 2.09. The molecular weight excluding hydrogens is 396 g/mol. The summed E-state index contributed by atoms with van der Waals surface area (Å²) in [5.74, 6) is -4.55. The lowest BCUT2D eigenvalue weighted by molar-refractivity contribution is -0.142. The van der Waals surface area contributed by atoms with Crippen LogP contribution in [0, 0.1) is 11.8 Å². The van der Waals surface area contributed by atoms with Gasteiger partial charge in [-0.05, 0) is 31.6 Å².